The minimum absolute atomic E-state index is 0.0184. The van der Waals surface area contributed by atoms with Crippen molar-refractivity contribution >= 4 is 17.8 Å². The number of hydrogen-bond acceptors (Lipinski definition) is 4. The molecule has 0 atom stereocenters. The van der Waals surface area contributed by atoms with E-state index in [0.717, 1.165) is 5.56 Å². The van der Waals surface area contributed by atoms with Crippen molar-refractivity contribution in [2.75, 3.05) is 26.7 Å². The third-order valence-electron chi connectivity index (χ3n) is 4.08. The molecule has 0 radical (unpaired) electrons. The van der Waals surface area contributed by atoms with E-state index in [1.807, 2.05) is 24.3 Å². The Morgan fingerprint density at radius 1 is 1.08 bits per heavy atom. The fourth-order valence-electron chi connectivity index (χ4n) is 2.47. The smallest absolute Gasteiger partial charge is 0.307 e. The Labute approximate surface area is 155 Å². The maximum absolute atomic E-state index is 12.8. The molecule has 1 N–H and O–H groups in total. The molecule has 1 aromatic rings. The van der Waals surface area contributed by atoms with Crippen LogP contribution in [-0.4, -0.2) is 49.4 Å². The van der Waals surface area contributed by atoms with Gasteiger partial charge in [-0.2, -0.15) is 0 Å². The average Bonchev–Trinajstić information content (AvgIpc) is 2.59. The van der Waals surface area contributed by atoms with E-state index < -0.39 is 0 Å². The molecule has 0 aliphatic carbocycles. The Bertz CT molecular complexity index is 618. The van der Waals surface area contributed by atoms with E-state index in [1.165, 1.54) is 14.0 Å². The maximum atomic E-state index is 12.8. The zero-order chi connectivity index (χ0) is 19.7. The highest BCUT2D eigenvalue weighted by Crippen LogP contribution is 2.22. The van der Waals surface area contributed by atoms with Crippen LogP contribution in [-0.2, 0) is 19.7 Å². The van der Waals surface area contributed by atoms with Crippen molar-refractivity contribution in [1.29, 1.82) is 0 Å². The number of carbonyl (C=O) groups is 3. The number of esters is 1. The SMILES string of the molecule is COC(=O)CCN(CCCNC(C)=O)C(=O)c1ccc(C(C)(C)C)cc1. The van der Waals surface area contributed by atoms with Crippen LogP contribution in [0.25, 0.3) is 0 Å². The lowest BCUT2D eigenvalue weighted by Crippen LogP contribution is -2.35. The first-order valence-corrected chi connectivity index (χ1v) is 8.86. The highest BCUT2D eigenvalue weighted by atomic mass is 16.5. The summed E-state index contributed by atoms with van der Waals surface area (Å²) in [4.78, 5) is 36.8. The Morgan fingerprint density at radius 3 is 2.19 bits per heavy atom. The zero-order valence-corrected chi connectivity index (χ0v) is 16.4. The molecule has 2 amide bonds. The molecule has 0 spiro atoms. The van der Waals surface area contributed by atoms with Gasteiger partial charge in [0.1, 0.15) is 0 Å². The molecule has 6 nitrogen and oxygen atoms in total. The number of rotatable bonds is 8. The van der Waals surface area contributed by atoms with Gasteiger partial charge in [-0.1, -0.05) is 32.9 Å². The molecule has 0 bridgehead atoms. The summed E-state index contributed by atoms with van der Waals surface area (Å²) in [5.41, 5.74) is 1.76. The van der Waals surface area contributed by atoms with Crippen LogP contribution in [0.4, 0.5) is 0 Å². The molecule has 0 aliphatic rings. The predicted molar refractivity (Wildman–Crippen MR) is 101 cm³/mol. The van der Waals surface area contributed by atoms with Gasteiger partial charge in [-0.3, -0.25) is 14.4 Å². The number of carbonyl (C=O) groups excluding carboxylic acids is 3. The molecule has 144 valence electrons. The Kier molecular flexibility index (Phi) is 8.29. The molecule has 0 fully saturated rings. The van der Waals surface area contributed by atoms with Crippen molar-refractivity contribution in [3.63, 3.8) is 0 Å². The summed E-state index contributed by atoms with van der Waals surface area (Å²) < 4.78 is 4.66. The first kappa shape index (κ1) is 21.7. The lowest BCUT2D eigenvalue weighted by molar-refractivity contribution is -0.140. The second kappa shape index (κ2) is 9.94. The largest absolute Gasteiger partial charge is 0.469 e. The Hall–Kier alpha value is -2.37. The van der Waals surface area contributed by atoms with Crippen molar-refractivity contribution in [3.05, 3.63) is 35.4 Å². The van der Waals surface area contributed by atoms with E-state index in [1.54, 1.807) is 4.90 Å². The average molecular weight is 362 g/mol. The monoisotopic (exact) mass is 362 g/mol. The van der Waals surface area contributed by atoms with E-state index in [9.17, 15) is 14.4 Å². The van der Waals surface area contributed by atoms with Gasteiger partial charge in [0, 0.05) is 32.1 Å². The molecule has 0 saturated heterocycles. The van der Waals surface area contributed by atoms with Crippen LogP contribution in [0.3, 0.4) is 0 Å². The molecule has 26 heavy (non-hydrogen) atoms. The van der Waals surface area contributed by atoms with Crippen LogP contribution >= 0.6 is 0 Å². The number of methoxy groups -OCH3 is 1. The predicted octanol–water partition coefficient (Wildman–Crippen LogP) is 2.52. The van der Waals surface area contributed by atoms with Crippen molar-refractivity contribution in [2.45, 2.75) is 46.0 Å². The van der Waals surface area contributed by atoms with Gasteiger partial charge in [-0.25, -0.2) is 0 Å². The molecule has 6 heteroatoms. The van der Waals surface area contributed by atoms with Gasteiger partial charge in [-0.15, -0.1) is 0 Å². The first-order valence-electron chi connectivity index (χ1n) is 8.86. The lowest BCUT2D eigenvalue weighted by atomic mass is 9.86. The highest BCUT2D eigenvalue weighted by Gasteiger charge is 2.19. The summed E-state index contributed by atoms with van der Waals surface area (Å²) in [5.74, 6) is -0.583. The summed E-state index contributed by atoms with van der Waals surface area (Å²) in [5, 5.41) is 2.71. The molecule has 0 saturated carbocycles. The van der Waals surface area contributed by atoms with Crippen molar-refractivity contribution in [1.82, 2.24) is 10.2 Å². The third-order valence-corrected chi connectivity index (χ3v) is 4.08. The summed E-state index contributed by atoms with van der Waals surface area (Å²) in [6.45, 7) is 9.04. The van der Waals surface area contributed by atoms with Gasteiger partial charge in [-0.05, 0) is 29.5 Å². The summed E-state index contributed by atoms with van der Waals surface area (Å²) in [7, 11) is 1.33. The fourth-order valence-corrected chi connectivity index (χ4v) is 2.47. The van der Waals surface area contributed by atoms with Crippen LogP contribution < -0.4 is 5.32 Å². The Morgan fingerprint density at radius 2 is 1.69 bits per heavy atom. The standard InChI is InChI=1S/C20H30N2O4/c1-15(23)21-12-6-13-22(14-11-18(24)26-5)19(25)16-7-9-17(10-8-16)20(2,3)4/h7-10H,6,11-14H2,1-5H3,(H,21,23). The second-order valence-electron chi connectivity index (χ2n) is 7.28. The van der Waals surface area contributed by atoms with Crippen molar-refractivity contribution in [3.8, 4) is 0 Å². The minimum atomic E-state index is -0.354. The van der Waals surface area contributed by atoms with Crippen LogP contribution in [0.1, 0.15) is 56.5 Å². The van der Waals surface area contributed by atoms with Gasteiger partial charge in [0.2, 0.25) is 5.91 Å². The number of nitrogens with one attached hydrogen (secondary N) is 1. The third kappa shape index (κ3) is 7.25. The molecule has 0 aliphatic heterocycles. The molecular weight excluding hydrogens is 332 g/mol. The normalized spacial score (nSPS) is 11.0. The van der Waals surface area contributed by atoms with E-state index in [2.05, 4.69) is 30.8 Å². The van der Waals surface area contributed by atoms with E-state index in [0.29, 0.717) is 25.1 Å². The molecule has 1 rings (SSSR count). The van der Waals surface area contributed by atoms with Crippen LogP contribution in [0.5, 0.6) is 0 Å². The van der Waals surface area contributed by atoms with E-state index >= 15 is 0 Å². The highest BCUT2D eigenvalue weighted by molar-refractivity contribution is 5.94. The molecule has 0 unspecified atom stereocenters. The molecular formula is C20H30N2O4. The minimum Gasteiger partial charge on any atom is -0.469 e. The summed E-state index contributed by atoms with van der Waals surface area (Å²) in [6.07, 6.45) is 0.759. The van der Waals surface area contributed by atoms with Gasteiger partial charge in [0.25, 0.3) is 5.91 Å². The van der Waals surface area contributed by atoms with Crippen LogP contribution in [0.2, 0.25) is 0 Å². The Balaban J connectivity index is 2.80. The maximum Gasteiger partial charge on any atom is 0.307 e. The van der Waals surface area contributed by atoms with E-state index in [4.69, 9.17) is 0 Å². The van der Waals surface area contributed by atoms with Crippen LogP contribution in [0.15, 0.2) is 24.3 Å². The summed E-state index contributed by atoms with van der Waals surface area (Å²) in [6, 6.07) is 7.57. The number of nitrogens with zero attached hydrogens (tertiary/aromatic N) is 1. The number of benzene rings is 1. The van der Waals surface area contributed by atoms with Crippen molar-refractivity contribution < 1.29 is 19.1 Å². The number of amides is 2. The second-order valence-corrected chi connectivity index (χ2v) is 7.28. The first-order chi connectivity index (χ1) is 12.1. The quantitative estimate of drug-likeness (QED) is 0.569. The lowest BCUT2D eigenvalue weighted by Gasteiger charge is -2.23. The van der Waals surface area contributed by atoms with E-state index in [-0.39, 0.29) is 36.2 Å². The molecule has 0 heterocycles. The zero-order valence-electron chi connectivity index (χ0n) is 16.4. The number of hydrogen-bond donors (Lipinski definition) is 1. The van der Waals surface area contributed by atoms with Gasteiger partial charge in [0.15, 0.2) is 0 Å². The fraction of sp³-hybridized carbons (Fsp3) is 0.550. The van der Waals surface area contributed by atoms with Gasteiger partial charge in [0.05, 0.1) is 13.5 Å². The summed E-state index contributed by atoms with van der Waals surface area (Å²) >= 11 is 0. The van der Waals surface area contributed by atoms with Crippen LogP contribution in [0, 0.1) is 0 Å². The van der Waals surface area contributed by atoms with Crippen molar-refractivity contribution in [2.24, 2.45) is 0 Å². The molecule has 1 aromatic carbocycles. The molecule has 0 aromatic heterocycles. The number of ether oxygens (including phenoxy) is 1. The van der Waals surface area contributed by atoms with Gasteiger partial charge < -0.3 is 15.0 Å². The topological polar surface area (TPSA) is 75.7 Å². The van der Waals surface area contributed by atoms with Gasteiger partial charge >= 0.3 is 5.97 Å².